The highest BCUT2D eigenvalue weighted by Gasteiger charge is 2.18. The molecule has 2 heterocycles. The van der Waals surface area contributed by atoms with Crippen molar-refractivity contribution in [3.63, 3.8) is 0 Å². The van der Waals surface area contributed by atoms with Gasteiger partial charge in [-0.2, -0.15) is 0 Å². The van der Waals surface area contributed by atoms with E-state index in [0.29, 0.717) is 21.5 Å². The summed E-state index contributed by atoms with van der Waals surface area (Å²) in [6.07, 6.45) is 0. The van der Waals surface area contributed by atoms with Crippen LogP contribution in [0.15, 0.2) is 53.0 Å². The van der Waals surface area contributed by atoms with E-state index in [1.807, 2.05) is 25.1 Å². The molecule has 0 saturated carbocycles. The van der Waals surface area contributed by atoms with E-state index in [1.165, 1.54) is 35.2 Å². The Labute approximate surface area is 179 Å². The van der Waals surface area contributed by atoms with Crippen LogP contribution < -0.4 is 5.32 Å². The highest BCUT2D eigenvalue weighted by Crippen LogP contribution is 2.29. The predicted molar refractivity (Wildman–Crippen MR) is 119 cm³/mol. The first-order valence-electron chi connectivity index (χ1n) is 9.03. The standard InChI is InChI=1S/C20H17N5O3S2/c1-11-6-7-15-16(8-11)22-20(21-15)30-12(2)18(26)24-19-23-17(10-29-19)13-4-3-5-14(9-13)25(27)28/h3-10,12H,1-2H3,(H,21,22)(H,23,24,26)/t12-/m0/s1. The highest BCUT2D eigenvalue weighted by atomic mass is 32.2. The number of benzene rings is 2. The third kappa shape index (κ3) is 4.34. The first-order valence-corrected chi connectivity index (χ1v) is 10.8. The summed E-state index contributed by atoms with van der Waals surface area (Å²) in [7, 11) is 0. The van der Waals surface area contributed by atoms with Gasteiger partial charge in [0.25, 0.3) is 5.69 Å². The van der Waals surface area contributed by atoms with Crippen molar-refractivity contribution in [2.45, 2.75) is 24.3 Å². The van der Waals surface area contributed by atoms with E-state index < -0.39 is 10.2 Å². The molecule has 0 aliphatic heterocycles. The lowest BCUT2D eigenvalue weighted by Crippen LogP contribution is -2.22. The molecule has 30 heavy (non-hydrogen) atoms. The van der Waals surface area contributed by atoms with Crippen molar-refractivity contribution in [2.24, 2.45) is 0 Å². The fourth-order valence-electron chi connectivity index (χ4n) is 2.83. The molecule has 0 spiro atoms. The summed E-state index contributed by atoms with van der Waals surface area (Å²) in [5, 5.41) is 16.2. The maximum Gasteiger partial charge on any atom is 0.270 e. The normalized spacial score (nSPS) is 12.1. The number of H-pyrrole nitrogens is 1. The summed E-state index contributed by atoms with van der Waals surface area (Å²) >= 11 is 2.60. The van der Waals surface area contributed by atoms with E-state index in [1.54, 1.807) is 24.4 Å². The lowest BCUT2D eigenvalue weighted by molar-refractivity contribution is -0.384. The van der Waals surface area contributed by atoms with Crippen LogP contribution in [-0.4, -0.2) is 31.0 Å². The number of rotatable bonds is 6. The van der Waals surface area contributed by atoms with Crippen LogP contribution in [0.5, 0.6) is 0 Å². The number of carbonyl (C=O) groups excluding carboxylic acids is 1. The van der Waals surface area contributed by atoms with Crippen LogP contribution in [0, 0.1) is 17.0 Å². The van der Waals surface area contributed by atoms with Gasteiger partial charge >= 0.3 is 0 Å². The molecular weight excluding hydrogens is 422 g/mol. The molecule has 0 aliphatic carbocycles. The second-order valence-electron chi connectivity index (χ2n) is 6.66. The molecule has 0 radical (unpaired) electrons. The van der Waals surface area contributed by atoms with Gasteiger partial charge in [-0.3, -0.25) is 14.9 Å². The fourth-order valence-corrected chi connectivity index (χ4v) is 4.37. The maximum absolute atomic E-state index is 12.6. The summed E-state index contributed by atoms with van der Waals surface area (Å²) in [5.41, 5.74) is 4.13. The van der Waals surface area contributed by atoms with E-state index >= 15 is 0 Å². The monoisotopic (exact) mass is 439 g/mol. The number of thiazole rings is 1. The molecule has 0 bridgehead atoms. The summed E-state index contributed by atoms with van der Waals surface area (Å²) < 4.78 is 0. The Morgan fingerprint density at radius 3 is 2.90 bits per heavy atom. The van der Waals surface area contributed by atoms with Gasteiger partial charge in [-0.15, -0.1) is 11.3 Å². The van der Waals surface area contributed by atoms with Crippen LogP contribution in [0.3, 0.4) is 0 Å². The van der Waals surface area contributed by atoms with Gasteiger partial charge in [0.2, 0.25) is 5.91 Å². The van der Waals surface area contributed by atoms with E-state index in [0.717, 1.165) is 16.6 Å². The number of carbonyl (C=O) groups is 1. The van der Waals surface area contributed by atoms with Gasteiger partial charge in [0.05, 0.1) is 26.9 Å². The zero-order valence-electron chi connectivity index (χ0n) is 16.1. The third-order valence-corrected chi connectivity index (χ3v) is 6.10. The molecule has 0 saturated heterocycles. The minimum atomic E-state index is -0.448. The number of anilines is 1. The summed E-state index contributed by atoms with van der Waals surface area (Å²) in [6, 6.07) is 12.2. The van der Waals surface area contributed by atoms with Crippen molar-refractivity contribution in [1.82, 2.24) is 15.0 Å². The van der Waals surface area contributed by atoms with Crippen molar-refractivity contribution in [3.8, 4) is 11.3 Å². The lowest BCUT2D eigenvalue weighted by Gasteiger charge is -2.08. The van der Waals surface area contributed by atoms with Gasteiger partial charge in [0, 0.05) is 23.1 Å². The Hall–Kier alpha value is -3.24. The first kappa shape index (κ1) is 20.0. The van der Waals surface area contributed by atoms with E-state index in [2.05, 4.69) is 20.3 Å². The second-order valence-corrected chi connectivity index (χ2v) is 8.84. The Kier molecular flexibility index (Phi) is 5.51. The number of hydrogen-bond acceptors (Lipinski definition) is 7. The molecule has 0 fully saturated rings. The van der Waals surface area contributed by atoms with Crippen molar-refractivity contribution >= 4 is 50.9 Å². The quantitative estimate of drug-likeness (QED) is 0.248. The molecule has 10 heteroatoms. The number of non-ortho nitro benzene ring substituents is 1. The van der Waals surface area contributed by atoms with Crippen molar-refractivity contribution in [3.05, 3.63) is 63.5 Å². The Balaban J connectivity index is 1.43. The number of hydrogen-bond donors (Lipinski definition) is 2. The molecule has 2 aromatic carbocycles. The van der Waals surface area contributed by atoms with Crippen LogP contribution in [0.25, 0.3) is 22.3 Å². The molecule has 2 aromatic heterocycles. The molecular formula is C20H17N5O3S2. The number of aromatic amines is 1. The Morgan fingerprint density at radius 1 is 1.27 bits per heavy atom. The minimum absolute atomic E-state index is 0.00265. The number of aromatic nitrogens is 3. The molecule has 152 valence electrons. The van der Waals surface area contributed by atoms with Gasteiger partial charge in [-0.1, -0.05) is 30.0 Å². The number of amides is 1. The topological polar surface area (TPSA) is 114 Å². The molecule has 0 unspecified atom stereocenters. The number of nitro groups is 1. The van der Waals surface area contributed by atoms with Gasteiger partial charge in [0.1, 0.15) is 0 Å². The average molecular weight is 440 g/mol. The fraction of sp³-hybridized carbons (Fsp3) is 0.150. The molecule has 1 atom stereocenters. The summed E-state index contributed by atoms with van der Waals surface area (Å²) in [5.74, 6) is -0.198. The van der Waals surface area contributed by atoms with E-state index in [4.69, 9.17) is 0 Å². The zero-order valence-corrected chi connectivity index (χ0v) is 17.7. The Morgan fingerprint density at radius 2 is 2.10 bits per heavy atom. The molecule has 8 nitrogen and oxygen atoms in total. The second kappa shape index (κ2) is 8.25. The summed E-state index contributed by atoms with van der Waals surface area (Å²) in [4.78, 5) is 35.2. The number of thioether (sulfide) groups is 1. The van der Waals surface area contributed by atoms with Gasteiger partial charge in [-0.05, 0) is 31.5 Å². The number of imidazole rings is 1. The van der Waals surface area contributed by atoms with E-state index in [9.17, 15) is 14.9 Å². The predicted octanol–water partition coefficient (Wildman–Crippen LogP) is 5.02. The summed E-state index contributed by atoms with van der Waals surface area (Å²) in [6.45, 7) is 3.81. The number of nitrogens with zero attached hydrogens (tertiary/aromatic N) is 3. The van der Waals surface area contributed by atoms with Crippen LogP contribution in [0.2, 0.25) is 0 Å². The van der Waals surface area contributed by atoms with Gasteiger partial charge in [-0.25, -0.2) is 9.97 Å². The SMILES string of the molecule is Cc1ccc2nc(S[C@@H](C)C(=O)Nc3nc(-c4cccc([N+](=O)[O-])c4)cs3)[nH]c2c1. The minimum Gasteiger partial charge on any atom is -0.333 e. The highest BCUT2D eigenvalue weighted by molar-refractivity contribution is 8.00. The van der Waals surface area contributed by atoms with Crippen LogP contribution in [0.1, 0.15) is 12.5 Å². The van der Waals surface area contributed by atoms with Crippen LogP contribution >= 0.6 is 23.1 Å². The number of fused-ring (bicyclic) bond motifs is 1. The van der Waals surface area contributed by atoms with Crippen LogP contribution in [-0.2, 0) is 4.79 Å². The molecule has 0 aliphatic rings. The van der Waals surface area contributed by atoms with Gasteiger partial charge < -0.3 is 10.3 Å². The zero-order chi connectivity index (χ0) is 21.3. The Bertz CT molecular complexity index is 1250. The van der Waals surface area contributed by atoms with Crippen molar-refractivity contribution in [1.29, 1.82) is 0 Å². The van der Waals surface area contributed by atoms with E-state index in [-0.39, 0.29) is 11.6 Å². The molecule has 4 rings (SSSR count). The first-order chi connectivity index (χ1) is 14.4. The lowest BCUT2D eigenvalue weighted by atomic mass is 10.1. The number of nitro benzene ring substituents is 1. The molecule has 1 amide bonds. The smallest absolute Gasteiger partial charge is 0.270 e. The number of aryl methyl sites for hydroxylation is 1. The van der Waals surface area contributed by atoms with Gasteiger partial charge in [0.15, 0.2) is 10.3 Å². The molecule has 2 N–H and O–H groups in total. The molecule has 4 aromatic rings. The van der Waals surface area contributed by atoms with Crippen LogP contribution in [0.4, 0.5) is 10.8 Å². The van der Waals surface area contributed by atoms with Crippen molar-refractivity contribution < 1.29 is 9.72 Å². The largest absolute Gasteiger partial charge is 0.333 e. The third-order valence-electron chi connectivity index (χ3n) is 4.36. The maximum atomic E-state index is 12.6. The number of nitrogens with one attached hydrogen (secondary N) is 2. The average Bonchev–Trinajstić information content (AvgIpc) is 3.34. The van der Waals surface area contributed by atoms with Crippen molar-refractivity contribution in [2.75, 3.05) is 5.32 Å².